The number of hydrogen-bond donors (Lipinski definition) is 2. The Morgan fingerprint density at radius 3 is 2.73 bits per heavy atom. The molecule has 0 aliphatic heterocycles. The minimum atomic E-state index is -3.62. The molecule has 0 saturated carbocycles. The van der Waals surface area contributed by atoms with E-state index in [2.05, 4.69) is 4.98 Å². The number of carbonyl (C=O) groups is 1. The van der Waals surface area contributed by atoms with Gasteiger partial charge in [-0.3, -0.25) is 9.78 Å². The largest absolute Gasteiger partial charge is 0.480 e. The summed E-state index contributed by atoms with van der Waals surface area (Å²) in [7, 11) is -3.62. The lowest BCUT2D eigenvalue weighted by molar-refractivity contribution is -0.135. The molecule has 0 spiro atoms. The van der Waals surface area contributed by atoms with Crippen LogP contribution in [0.1, 0.15) is 5.69 Å². The molecule has 0 fully saturated rings. The first-order valence-corrected chi connectivity index (χ1v) is 5.74. The van der Waals surface area contributed by atoms with Crippen molar-refractivity contribution in [2.24, 2.45) is 0 Å². The second kappa shape index (κ2) is 4.85. The van der Waals surface area contributed by atoms with Crippen LogP contribution in [0.4, 0.5) is 0 Å². The zero-order chi connectivity index (χ0) is 11.3. The van der Waals surface area contributed by atoms with Crippen molar-refractivity contribution in [2.75, 3.05) is 6.54 Å². The van der Waals surface area contributed by atoms with Crippen molar-refractivity contribution in [2.45, 2.75) is 5.75 Å². The van der Waals surface area contributed by atoms with E-state index >= 15 is 0 Å². The maximum atomic E-state index is 11.3. The lowest BCUT2D eigenvalue weighted by Crippen LogP contribution is -2.30. The Kier molecular flexibility index (Phi) is 3.75. The van der Waals surface area contributed by atoms with E-state index in [0.717, 1.165) is 0 Å². The summed E-state index contributed by atoms with van der Waals surface area (Å²) in [6, 6.07) is 4.88. The molecule has 1 aromatic heterocycles. The lowest BCUT2D eigenvalue weighted by Gasteiger charge is -2.03. The van der Waals surface area contributed by atoms with Crippen LogP contribution >= 0.6 is 0 Å². The van der Waals surface area contributed by atoms with Crippen molar-refractivity contribution in [3.05, 3.63) is 30.1 Å². The van der Waals surface area contributed by atoms with Gasteiger partial charge in [0.15, 0.2) is 0 Å². The fraction of sp³-hybridized carbons (Fsp3) is 0.250. The molecular formula is C8H10N2O4S. The number of aromatic nitrogens is 1. The van der Waals surface area contributed by atoms with Crippen LogP contribution in [0.2, 0.25) is 0 Å². The standard InChI is InChI=1S/C8H10N2O4S/c11-8(12)5-10-15(13,14)6-7-3-1-2-4-9-7/h1-4,10H,5-6H2,(H,11,12). The Hall–Kier alpha value is -1.47. The average molecular weight is 230 g/mol. The first-order chi connectivity index (χ1) is 6.99. The van der Waals surface area contributed by atoms with Crippen LogP contribution in [0.25, 0.3) is 0 Å². The topological polar surface area (TPSA) is 96.4 Å². The third-order valence-corrected chi connectivity index (χ3v) is 2.77. The molecule has 2 N–H and O–H groups in total. The molecule has 15 heavy (non-hydrogen) atoms. The molecule has 0 unspecified atom stereocenters. The van der Waals surface area contributed by atoms with E-state index < -0.39 is 22.5 Å². The minimum absolute atomic E-state index is 0.318. The van der Waals surface area contributed by atoms with Crippen molar-refractivity contribution in [1.29, 1.82) is 0 Å². The van der Waals surface area contributed by atoms with Gasteiger partial charge in [-0.1, -0.05) is 6.07 Å². The summed E-state index contributed by atoms with van der Waals surface area (Å²) in [5, 5.41) is 8.30. The number of rotatable bonds is 5. The van der Waals surface area contributed by atoms with Crippen LogP contribution in [0.15, 0.2) is 24.4 Å². The Morgan fingerprint density at radius 2 is 2.20 bits per heavy atom. The minimum Gasteiger partial charge on any atom is -0.480 e. The number of pyridine rings is 1. The molecule has 0 aromatic carbocycles. The summed E-state index contributed by atoms with van der Waals surface area (Å²) in [5.74, 6) is -1.54. The first kappa shape index (κ1) is 11.6. The van der Waals surface area contributed by atoms with Gasteiger partial charge in [-0.05, 0) is 12.1 Å². The third kappa shape index (κ3) is 4.52. The maximum absolute atomic E-state index is 11.3. The van der Waals surface area contributed by atoms with Gasteiger partial charge in [0, 0.05) is 6.20 Å². The van der Waals surface area contributed by atoms with Gasteiger partial charge < -0.3 is 5.11 Å². The summed E-state index contributed by atoms with van der Waals surface area (Å²) in [6.07, 6.45) is 1.47. The van der Waals surface area contributed by atoms with Crippen molar-refractivity contribution in [1.82, 2.24) is 9.71 Å². The molecule has 0 saturated heterocycles. The lowest BCUT2D eigenvalue weighted by atomic mass is 10.4. The molecule has 1 aromatic rings. The second-order valence-corrected chi connectivity index (χ2v) is 4.60. The van der Waals surface area contributed by atoms with Crippen molar-refractivity contribution >= 4 is 16.0 Å². The van der Waals surface area contributed by atoms with Gasteiger partial charge in [-0.25, -0.2) is 13.1 Å². The molecule has 82 valence electrons. The van der Waals surface area contributed by atoms with Gasteiger partial charge >= 0.3 is 5.97 Å². The normalized spacial score (nSPS) is 11.2. The average Bonchev–Trinajstić information content (AvgIpc) is 2.16. The van der Waals surface area contributed by atoms with E-state index in [1.54, 1.807) is 18.2 Å². The fourth-order valence-electron chi connectivity index (χ4n) is 0.901. The van der Waals surface area contributed by atoms with Crippen molar-refractivity contribution in [3.8, 4) is 0 Å². The predicted molar refractivity (Wildman–Crippen MR) is 52.5 cm³/mol. The molecular weight excluding hydrogens is 220 g/mol. The fourth-order valence-corrected chi connectivity index (χ4v) is 1.91. The van der Waals surface area contributed by atoms with Crippen LogP contribution < -0.4 is 4.72 Å². The third-order valence-electron chi connectivity index (χ3n) is 1.51. The van der Waals surface area contributed by atoms with Gasteiger partial charge in [0.1, 0.15) is 12.3 Å². The van der Waals surface area contributed by atoms with Crippen LogP contribution in [-0.4, -0.2) is 31.0 Å². The van der Waals surface area contributed by atoms with Gasteiger partial charge in [-0.2, -0.15) is 0 Å². The summed E-state index contributed by atoms with van der Waals surface area (Å²) in [4.78, 5) is 14.0. The maximum Gasteiger partial charge on any atom is 0.318 e. The van der Waals surface area contributed by atoms with E-state index in [1.807, 2.05) is 4.72 Å². The molecule has 1 rings (SSSR count). The Morgan fingerprint density at radius 1 is 1.47 bits per heavy atom. The van der Waals surface area contributed by atoms with Gasteiger partial charge in [0.25, 0.3) is 0 Å². The number of carboxylic acid groups (broad SMARTS) is 1. The van der Waals surface area contributed by atoms with E-state index in [0.29, 0.717) is 5.69 Å². The highest BCUT2D eigenvalue weighted by Crippen LogP contribution is 1.99. The number of sulfonamides is 1. The van der Waals surface area contributed by atoms with Crippen LogP contribution in [-0.2, 0) is 20.6 Å². The van der Waals surface area contributed by atoms with E-state index in [9.17, 15) is 13.2 Å². The molecule has 6 nitrogen and oxygen atoms in total. The number of nitrogens with one attached hydrogen (secondary N) is 1. The summed E-state index contributed by atoms with van der Waals surface area (Å²) < 4.78 is 24.5. The van der Waals surface area contributed by atoms with Crippen LogP contribution in [0, 0.1) is 0 Å². The highest BCUT2D eigenvalue weighted by atomic mass is 32.2. The highest BCUT2D eigenvalue weighted by Gasteiger charge is 2.13. The van der Waals surface area contributed by atoms with Crippen LogP contribution in [0.3, 0.4) is 0 Å². The van der Waals surface area contributed by atoms with Crippen LogP contribution in [0.5, 0.6) is 0 Å². The highest BCUT2D eigenvalue weighted by molar-refractivity contribution is 7.88. The first-order valence-electron chi connectivity index (χ1n) is 4.09. The quantitative estimate of drug-likeness (QED) is 0.716. The van der Waals surface area contributed by atoms with Crippen molar-refractivity contribution < 1.29 is 18.3 Å². The van der Waals surface area contributed by atoms with E-state index in [4.69, 9.17) is 5.11 Å². The Bertz CT molecular complexity index is 429. The molecule has 7 heteroatoms. The molecule has 0 amide bonds. The summed E-state index contributed by atoms with van der Waals surface area (Å²) >= 11 is 0. The zero-order valence-electron chi connectivity index (χ0n) is 7.75. The van der Waals surface area contributed by atoms with E-state index in [-0.39, 0.29) is 5.75 Å². The molecule has 0 aliphatic carbocycles. The second-order valence-electron chi connectivity index (χ2n) is 2.80. The number of aliphatic carboxylic acids is 1. The predicted octanol–water partition coefficient (Wildman–Crippen LogP) is -0.414. The SMILES string of the molecule is O=C(O)CNS(=O)(=O)Cc1ccccn1. The molecule has 0 radical (unpaired) electrons. The Balaban J connectivity index is 2.61. The number of nitrogens with zero attached hydrogens (tertiary/aromatic N) is 1. The van der Waals surface area contributed by atoms with Gasteiger partial charge in [-0.15, -0.1) is 0 Å². The molecule has 1 heterocycles. The number of hydrogen-bond acceptors (Lipinski definition) is 4. The summed E-state index contributed by atoms with van der Waals surface area (Å²) in [5.41, 5.74) is 0.371. The Labute approximate surface area is 87.0 Å². The van der Waals surface area contributed by atoms with Gasteiger partial charge in [0.05, 0.1) is 5.69 Å². The molecule has 0 bridgehead atoms. The summed E-state index contributed by atoms with van der Waals surface area (Å²) in [6.45, 7) is -0.616. The molecule has 0 atom stereocenters. The van der Waals surface area contributed by atoms with Gasteiger partial charge in [0.2, 0.25) is 10.0 Å². The van der Waals surface area contributed by atoms with E-state index in [1.165, 1.54) is 6.20 Å². The monoisotopic (exact) mass is 230 g/mol. The van der Waals surface area contributed by atoms with Crippen molar-refractivity contribution in [3.63, 3.8) is 0 Å². The molecule has 0 aliphatic rings. The number of carboxylic acids is 1. The smallest absolute Gasteiger partial charge is 0.318 e. The zero-order valence-corrected chi connectivity index (χ0v) is 8.57.